The Hall–Kier alpha value is -0.870. The highest BCUT2D eigenvalue weighted by atomic mass is 32.1. The summed E-state index contributed by atoms with van der Waals surface area (Å²) >= 11 is 1.65. The first-order valence-electron chi connectivity index (χ1n) is 6.70. The molecule has 0 aliphatic carbocycles. The number of nitrogens with two attached hydrogens (primary N) is 1. The van der Waals surface area contributed by atoms with Crippen molar-refractivity contribution in [2.75, 3.05) is 6.54 Å². The van der Waals surface area contributed by atoms with Gasteiger partial charge in [0.25, 0.3) is 0 Å². The van der Waals surface area contributed by atoms with Crippen LogP contribution >= 0.6 is 11.3 Å². The molecule has 2 N–H and O–H groups in total. The van der Waals surface area contributed by atoms with E-state index < -0.39 is 0 Å². The summed E-state index contributed by atoms with van der Waals surface area (Å²) in [6, 6.07) is 4.32. The summed E-state index contributed by atoms with van der Waals surface area (Å²) in [5.74, 6) is 0.198. The van der Waals surface area contributed by atoms with Crippen molar-refractivity contribution in [3.8, 4) is 0 Å². The van der Waals surface area contributed by atoms with Gasteiger partial charge < -0.3 is 10.6 Å². The number of hydrogen-bond acceptors (Lipinski definition) is 3. The van der Waals surface area contributed by atoms with Gasteiger partial charge in [0.05, 0.1) is 5.92 Å². The number of piperidine rings is 1. The standard InChI is InChI=1S/C14H22N2OS/c1-10(13-7-5-9-18-13)14(17)16-8-4-3-6-12(16)11(2)15/h5,7,9-12H,3-4,6,8,15H2,1-2H3. The number of likely N-dealkylation sites (tertiary alicyclic amines) is 1. The molecule has 1 aromatic heterocycles. The van der Waals surface area contributed by atoms with Gasteiger partial charge in [-0.3, -0.25) is 4.79 Å². The zero-order chi connectivity index (χ0) is 13.1. The van der Waals surface area contributed by atoms with Gasteiger partial charge in [-0.05, 0) is 44.6 Å². The molecule has 3 unspecified atom stereocenters. The highest BCUT2D eigenvalue weighted by Gasteiger charge is 2.32. The predicted octanol–water partition coefficient (Wildman–Crippen LogP) is 2.58. The van der Waals surface area contributed by atoms with Gasteiger partial charge in [-0.25, -0.2) is 0 Å². The lowest BCUT2D eigenvalue weighted by molar-refractivity contribution is -0.136. The second kappa shape index (κ2) is 5.85. The van der Waals surface area contributed by atoms with E-state index in [9.17, 15) is 4.79 Å². The summed E-state index contributed by atoms with van der Waals surface area (Å²) in [5, 5.41) is 2.03. The van der Waals surface area contributed by atoms with E-state index in [0.29, 0.717) is 0 Å². The molecule has 1 aliphatic rings. The van der Waals surface area contributed by atoms with Crippen LogP contribution in [0.2, 0.25) is 0 Å². The maximum atomic E-state index is 12.6. The molecule has 0 radical (unpaired) electrons. The van der Waals surface area contributed by atoms with Crippen LogP contribution in [0, 0.1) is 0 Å². The molecule has 0 saturated carbocycles. The minimum atomic E-state index is -0.0376. The Morgan fingerprint density at radius 3 is 2.89 bits per heavy atom. The monoisotopic (exact) mass is 266 g/mol. The van der Waals surface area contributed by atoms with Crippen molar-refractivity contribution in [1.82, 2.24) is 4.90 Å². The molecule has 18 heavy (non-hydrogen) atoms. The summed E-state index contributed by atoms with van der Waals surface area (Å²) in [7, 11) is 0. The topological polar surface area (TPSA) is 46.3 Å². The quantitative estimate of drug-likeness (QED) is 0.914. The highest BCUT2D eigenvalue weighted by molar-refractivity contribution is 7.10. The molecule has 1 aliphatic heterocycles. The van der Waals surface area contributed by atoms with E-state index in [1.165, 1.54) is 6.42 Å². The fraction of sp³-hybridized carbons (Fsp3) is 0.643. The van der Waals surface area contributed by atoms with Gasteiger partial charge in [-0.2, -0.15) is 0 Å². The van der Waals surface area contributed by atoms with Gasteiger partial charge in [0.2, 0.25) is 5.91 Å². The molecule has 2 heterocycles. The Bertz CT molecular complexity index is 389. The van der Waals surface area contributed by atoms with Crippen molar-refractivity contribution in [3.05, 3.63) is 22.4 Å². The molecule has 1 amide bonds. The van der Waals surface area contributed by atoms with Crippen molar-refractivity contribution in [2.24, 2.45) is 5.73 Å². The van der Waals surface area contributed by atoms with Gasteiger partial charge in [-0.15, -0.1) is 11.3 Å². The average molecular weight is 266 g/mol. The van der Waals surface area contributed by atoms with E-state index in [4.69, 9.17) is 5.73 Å². The molecule has 1 saturated heterocycles. The number of carbonyl (C=O) groups is 1. The summed E-state index contributed by atoms with van der Waals surface area (Å²) in [5.41, 5.74) is 6.02. The zero-order valence-electron chi connectivity index (χ0n) is 11.1. The summed E-state index contributed by atoms with van der Waals surface area (Å²) in [6.07, 6.45) is 3.33. The third kappa shape index (κ3) is 2.75. The Morgan fingerprint density at radius 2 is 2.28 bits per heavy atom. The SMILES string of the molecule is CC(C(=O)N1CCCCC1C(C)N)c1cccs1. The summed E-state index contributed by atoms with van der Waals surface area (Å²) in [4.78, 5) is 15.7. The summed E-state index contributed by atoms with van der Waals surface area (Å²) < 4.78 is 0. The van der Waals surface area contributed by atoms with Crippen LogP contribution in [0.1, 0.15) is 43.9 Å². The minimum absolute atomic E-state index is 0.0376. The van der Waals surface area contributed by atoms with Crippen LogP contribution in [0.4, 0.5) is 0 Å². The number of rotatable bonds is 3. The van der Waals surface area contributed by atoms with E-state index >= 15 is 0 Å². The molecule has 100 valence electrons. The lowest BCUT2D eigenvalue weighted by Gasteiger charge is -2.39. The molecular formula is C14H22N2OS. The first-order chi connectivity index (χ1) is 8.61. The van der Waals surface area contributed by atoms with Crippen LogP contribution in [0.5, 0.6) is 0 Å². The minimum Gasteiger partial charge on any atom is -0.338 e. The first-order valence-corrected chi connectivity index (χ1v) is 7.58. The third-order valence-electron chi connectivity index (χ3n) is 3.78. The Kier molecular flexibility index (Phi) is 4.40. The largest absolute Gasteiger partial charge is 0.338 e. The van der Waals surface area contributed by atoms with Crippen molar-refractivity contribution in [3.63, 3.8) is 0 Å². The number of hydrogen-bond donors (Lipinski definition) is 1. The molecule has 3 atom stereocenters. The van der Waals surface area contributed by atoms with Crippen molar-refractivity contribution < 1.29 is 4.79 Å². The van der Waals surface area contributed by atoms with Gasteiger partial charge in [-0.1, -0.05) is 6.07 Å². The second-order valence-electron chi connectivity index (χ2n) is 5.19. The van der Waals surface area contributed by atoms with Crippen LogP contribution < -0.4 is 5.73 Å². The Morgan fingerprint density at radius 1 is 1.50 bits per heavy atom. The number of amides is 1. The Labute approximate surface area is 113 Å². The lowest BCUT2D eigenvalue weighted by atomic mass is 9.95. The first kappa shape index (κ1) is 13.6. The fourth-order valence-electron chi connectivity index (χ4n) is 2.69. The van der Waals surface area contributed by atoms with E-state index in [-0.39, 0.29) is 23.9 Å². The van der Waals surface area contributed by atoms with E-state index in [2.05, 4.69) is 0 Å². The van der Waals surface area contributed by atoms with Gasteiger partial charge in [0.15, 0.2) is 0 Å². The molecule has 3 nitrogen and oxygen atoms in total. The molecule has 1 aromatic rings. The average Bonchev–Trinajstić information content (AvgIpc) is 2.90. The smallest absolute Gasteiger partial charge is 0.230 e. The van der Waals surface area contributed by atoms with Crippen LogP contribution in [-0.2, 0) is 4.79 Å². The molecular weight excluding hydrogens is 244 g/mol. The van der Waals surface area contributed by atoms with Gasteiger partial charge >= 0.3 is 0 Å². The predicted molar refractivity (Wildman–Crippen MR) is 75.7 cm³/mol. The molecule has 0 bridgehead atoms. The maximum Gasteiger partial charge on any atom is 0.230 e. The van der Waals surface area contributed by atoms with E-state index in [1.54, 1.807) is 11.3 Å². The molecule has 4 heteroatoms. The maximum absolute atomic E-state index is 12.6. The summed E-state index contributed by atoms with van der Waals surface area (Å²) in [6.45, 7) is 4.87. The molecule has 1 fully saturated rings. The number of carbonyl (C=O) groups excluding carboxylic acids is 1. The van der Waals surface area contributed by atoms with Gasteiger partial charge in [0.1, 0.15) is 0 Å². The molecule has 0 aromatic carbocycles. The van der Waals surface area contributed by atoms with E-state index in [0.717, 1.165) is 24.3 Å². The normalized spacial score (nSPS) is 23.7. The van der Waals surface area contributed by atoms with Gasteiger partial charge in [0, 0.05) is 23.5 Å². The van der Waals surface area contributed by atoms with Crippen molar-refractivity contribution >= 4 is 17.2 Å². The van der Waals surface area contributed by atoms with Crippen LogP contribution in [-0.4, -0.2) is 29.4 Å². The van der Waals surface area contributed by atoms with Crippen molar-refractivity contribution in [2.45, 2.75) is 51.1 Å². The van der Waals surface area contributed by atoms with Crippen molar-refractivity contribution in [1.29, 1.82) is 0 Å². The molecule has 2 rings (SSSR count). The van der Waals surface area contributed by atoms with Crippen LogP contribution in [0.15, 0.2) is 17.5 Å². The second-order valence-corrected chi connectivity index (χ2v) is 6.17. The lowest BCUT2D eigenvalue weighted by Crippen LogP contribution is -2.52. The number of thiophene rings is 1. The zero-order valence-corrected chi connectivity index (χ0v) is 12.0. The molecule has 0 spiro atoms. The Balaban J connectivity index is 2.11. The highest BCUT2D eigenvalue weighted by Crippen LogP contribution is 2.27. The van der Waals surface area contributed by atoms with Crippen LogP contribution in [0.3, 0.4) is 0 Å². The fourth-order valence-corrected chi connectivity index (χ4v) is 3.46. The van der Waals surface area contributed by atoms with Crippen LogP contribution in [0.25, 0.3) is 0 Å². The van der Waals surface area contributed by atoms with E-state index in [1.807, 2.05) is 36.3 Å². The third-order valence-corrected chi connectivity index (χ3v) is 4.83. The number of nitrogens with zero attached hydrogens (tertiary/aromatic N) is 1.